The van der Waals surface area contributed by atoms with Crippen LogP contribution in [0.1, 0.15) is 32.6 Å². The molecule has 3 heteroatoms. The van der Waals surface area contributed by atoms with Gasteiger partial charge in [0.15, 0.2) is 0 Å². The van der Waals surface area contributed by atoms with Gasteiger partial charge in [0.25, 0.3) is 0 Å². The van der Waals surface area contributed by atoms with Gasteiger partial charge in [-0.25, -0.2) is 0 Å². The zero-order chi connectivity index (χ0) is 9.52. The van der Waals surface area contributed by atoms with Gasteiger partial charge in [0.1, 0.15) is 0 Å². The summed E-state index contributed by atoms with van der Waals surface area (Å²) in [4.78, 5) is 0. The van der Waals surface area contributed by atoms with Crippen LogP contribution >= 0.6 is 23.4 Å². The third-order valence-electron chi connectivity index (χ3n) is 2.36. The fourth-order valence-electron chi connectivity index (χ4n) is 1.45. The monoisotopic (exact) mass is 222 g/mol. The lowest BCUT2D eigenvalue weighted by Crippen LogP contribution is -2.22. The zero-order valence-corrected chi connectivity index (χ0v) is 9.87. The Labute approximate surface area is 90.6 Å². The normalized spacial score (nSPS) is 25.8. The minimum atomic E-state index is 0.511. The summed E-state index contributed by atoms with van der Waals surface area (Å²) in [6.45, 7) is 3.21. The van der Waals surface area contributed by atoms with Crippen molar-refractivity contribution in [3.8, 4) is 0 Å². The van der Waals surface area contributed by atoms with Crippen molar-refractivity contribution in [3.05, 3.63) is 0 Å². The van der Waals surface area contributed by atoms with E-state index in [2.05, 4.69) is 6.92 Å². The topological polar surface area (TPSA) is 9.23 Å². The van der Waals surface area contributed by atoms with Crippen molar-refractivity contribution in [1.82, 2.24) is 0 Å². The van der Waals surface area contributed by atoms with Crippen molar-refractivity contribution in [2.75, 3.05) is 18.2 Å². The van der Waals surface area contributed by atoms with Gasteiger partial charge in [-0.3, -0.25) is 0 Å². The van der Waals surface area contributed by atoms with Gasteiger partial charge in [-0.2, -0.15) is 11.8 Å². The van der Waals surface area contributed by atoms with Crippen molar-refractivity contribution >= 4 is 23.4 Å². The summed E-state index contributed by atoms with van der Waals surface area (Å²) in [6, 6.07) is 0. The fourth-order valence-corrected chi connectivity index (χ4v) is 2.99. The minimum absolute atomic E-state index is 0.511. The van der Waals surface area contributed by atoms with Crippen LogP contribution in [0.5, 0.6) is 0 Å². The molecule has 13 heavy (non-hydrogen) atoms. The highest BCUT2D eigenvalue weighted by Crippen LogP contribution is 2.21. The molecule has 1 aliphatic heterocycles. The van der Waals surface area contributed by atoms with E-state index in [0.717, 1.165) is 24.7 Å². The molecule has 0 spiro atoms. The first-order valence-electron chi connectivity index (χ1n) is 5.12. The van der Waals surface area contributed by atoms with Crippen LogP contribution in [-0.4, -0.2) is 29.6 Å². The quantitative estimate of drug-likeness (QED) is 0.661. The van der Waals surface area contributed by atoms with E-state index in [0.29, 0.717) is 11.4 Å². The molecular formula is C10H19ClOS. The van der Waals surface area contributed by atoms with E-state index in [9.17, 15) is 0 Å². The highest BCUT2D eigenvalue weighted by atomic mass is 35.5. The van der Waals surface area contributed by atoms with E-state index in [1.807, 2.05) is 11.8 Å². The van der Waals surface area contributed by atoms with E-state index in [4.69, 9.17) is 16.3 Å². The molecular weight excluding hydrogens is 204 g/mol. The summed E-state index contributed by atoms with van der Waals surface area (Å²) in [5.74, 6) is 1.93. The molecule has 0 aliphatic carbocycles. The predicted molar refractivity (Wildman–Crippen MR) is 60.8 cm³/mol. The Morgan fingerprint density at radius 2 is 2.38 bits per heavy atom. The lowest BCUT2D eigenvalue weighted by atomic mass is 10.1. The van der Waals surface area contributed by atoms with E-state index in [-0.39, 0.29) is 0 Å². The van der Waals surface area contributed by atoms with Gasteiger partial charge < -0.3 is 4.74 Å². The highest BCUT2D eigenvalue weighted by molar-refractivity contribution is 7.99. The highest BCUT2D eigenvalue weighted by Gasteiger charge is 2.14. The Balaban J connectivity index is 2.03. The summed E-state index contributed by atoms with van der Waals surface area (Å²) in [5.41, 5.74) is 0. The Bertz CT molecular complexity index is 126. The zero-order valence-electron chi connectivity index (χ0n) is 8.30. The van der Waals surface area contributed by atoms with Crippen LogP contribution in [0.2, 0.25) is 0 Å². The standard InChI is InChI=1S/C10H19ClOS/c1-9(5-6-11)13-8-10-4-2-3-7-12-10/h9-10H,2-8H2,1H3. The Morgan fingerprint density at radius 1 is 1.54 bits per heavy atom. The number of alkyl halides is 1. The molecule has 1 saturated heterocycles. The predicted octanol–water partition coefficient (Wildman–Crippen LogP) is 3.31. The molecule has 2 unspecified atom stereocenters. The second-order valence-corrected chi connectivity index (χ2v) is 5.46. The van der Waals surface area contributed by atoms with E-state index in [1.54, 1.807) is 0 Å². The molecule has 0 N–H and O–H groups in total. The summed E-state index contributed by atoms with van der Waals surface area (Å²) < 4.78 is 5.65. The number of rotatable bonds is 5. The number of halogens is 1. The third-order valence-corrected chi connectivity index (χ3v) is 3.94. The van der Waals surface area contributed by atoms with Gasteiger partial charge in [-0.05, 0) is 25.7 Å². The van der Waals surface area contributed by atoms with Crippen molar-refractivity contribution in [2.24, 2.45) is 0 Å². The SMILES string of the molecule is CC(CCCl)SCC1CCCCO1. The van der Waals surface area contributed by atoms with E-state index < -0.39 is 0 Å². The molecule has 0 radical (unpaired) electrons. The van der Waals surface area contributed by atoms with Crippen LogP contribution in [0.25, 0.3) is 0 Å². The van der Waals surface area contributed by atoms with Gasteiger partial charge in [0.05, 0.1) is 6.10 Å². The molecule has 0 bridgehead atoms. The molecule has 2 atom stereocenters. The van der Waals surface area contributed by atoms with Crippen LogP contribution in [0.3, 0.4) is 0 Å². The second-order valence-electron chi connectivity index (χ2n) is 3.61. The lowest BCUT2D eigenvalue weighted by molar-refractivity contribution is 0.0315. The Hall–Kier alpha value is 0.600. The van der Waals surface area contributed by atoms with Crippen molar-refractivity contribution < 1.29 is 4.74 Å². The molecule has 1 aliphatic rings. The van der Waals surface area contributed by atoms with E-state index >= 15 is 0 Å². The smallest absolute Gasteiger partial charge is 0.0665 e. The molecule has 78 valence electrons. The van der Waals surface area contributed by atoms with Gasteiger partial charge >= 0.3 is 0 Å². The van der Waals surface area contributed by atoms with Crippen molar-refractivity contribution in [2.45, 2.75) is 44.0 Å². The average Bonchev–Trinajstić information content (AvgIpc) is 2.17. The number of hydrogen-bond acceptors (Lipinski definition) is 2. The third kappa shape index (κ3) is 5.14. The van der Waals surface area contributed by atoms with Crippen LogP contribution in [0.4, 0.5) is 0 Å². The summed E-state index contributed by atoms with van der Waals surface area (Å²) >= 11 is 7.67. The molecule has 0 aromatic heterocycles. The molecule has 1 heterocycles. The Kier molecular flexibility index (Phi) is 6.26. The summed E-state index contributed by atoms with van der Waals surface area (Å²) in [6.07, 6.45) is 5.46. The van der Waals surface area contributed by atoms with Crippen molar-refractivity contribution in [1.29, 1.82) is 0 Å². The summed E-state index contributed by atoms with van der Waals surface area (Å²) in [5, 5.41) is 0.683. The van der Waals surface area contributed by atoms with Crippen LogP contribution in [0.15, 0.2) is 0 Å². The van der Waals surface area contributed by atoms with Gasteiger partial charge in [-0.1, -0.05) is 6.92 Å². The Morgan fingerprint density at radius 3 is 3.00 bits per heavy atom. The van der Waals surface area contributed by atoms with Crippen LogP contribution < -0.4 is 0 Å². The first kappa shape index (κ1) is 11.7. The first-order chi connectivity index (χ1) is 6.33. The minimum Gasteiger partial charge on any atom is -0.377 e. The van der Waals surface area contributed by atoms with Crippen LogP contribution in [-0.2, 0) is 4.74 Å². The molecule has 1 nitrogen and oxygen atoms in total. The van der Waals surface area contributed by atoms with E-state index in [1.165, 1.54) is 19.3 Å². The maximum Gasteiger partial charge on any atom is 0.0665 e. The fraction of sp³-hybridized carbons (Fsp3) is 1.00. The van der Waals surface area contributed by atoms with Gasteiger partial charge in [0.2, 0.25) is 0 Å². The largest absolute Gasteiger partial charge is 0.377 e. The van der Waals surface area contributed by atoms with Gasteiger partial charge in [0, 0.05) is 23.5 Å². The number of ether oxygens (including phenoxy) is 1. The summed E-state index contributed by atoms with van der Waals surface area (Å²) in [7, 11) is 0. The maximum atomic E-state index is 5.67. The lowest BCUT2D eigenvalue weighted by Gasteiger charge is -2.23. The van der Waals surface area contributed by atoms with Crippen LogP contribution in [0, 0.1) is 0 Å². The number of thioether (sulfide) groups is 1. The maximum absolute atomic E-state index is 5.67. The molecule has 0 aromatic rings. The molecule has 0 aromatic carbocycles. The molecule has 1 fully saturated rings. The first-order valence-corrected chi connectivity index (χ1v) is 6.70. The average molecular weight is 223 g/mol. The second kappa shape index (κ2) is 6.97. The number of hydrogen-bond donors (Lipinski definition) is 0. The molecule has 0 saturated carbocycles. The molecule has 0 amide bonds. The van der Waals surface area contributed by atoms with Crippen molar-refractivity contribution in [3.63, 3.8) is 0 Å². The molecule has 1 rings (SSSR count). The van der Waals surface area contributed by atoms with Gasteiger partial charge in [-0.15, -0.1) is 11.6 Å².